The Morgan fingerprint density at radius 3 is 2.67 bits per heavy atom. The largest absolute Gasteiger partial charge is 0.465 e. The second kappa shape index (κ2) is 6.65. The van der Waals surface area contributed by atoms with Gasteiger partial charge in [0.15, 0.2) is 17.3 Å². The Morgan fingerprint density at radius 2 is 2.05 bits per heavy atom. The fourth-order valence-corrected chi connectivity index (χ4v) is 1.62. The lowest BCUT2D eigenvalue weighted by molar-refractivity contribution is 0.301. The van der Waals surface area contributed by atoms with Crippen molar-refractivity contribution in [2.75, 3.05) is 6.61 Å². The molecule has 0 unspecified atom stereocenters. The lowest BCUT2D eigenvalue weighted by Crippen LogP contribution is -2.15. The van der Waals surface area contributed by atoms with Crippen molar-refractivity contribution in [3.8, 4) is 11.5 Å². The molecule has 1 aromatic carbocycles. The van der Waals surface area contributed by atoms with Crippen molar-refractivity contribution in [2.45, 2.75) is 13.3 Å². The van der Waals surface area contributed by atoms with Crippen LogP contribution < -0.4 is 10.5 Å². The number of nitrogens with zero attached hydrogens (tertiary/aromatic N) is 2. The first kappa shape index (κ1) is 14.7. The van der Waals surface area contributed by atoms with Gasteiger partial charge in [0.1, 0.15) is 5.82 Å². The van der Waals surface area contributed by atoms with Gasteiger partial charge in [-0.15, -0.1) is 0 Å². The third-order valence-corrected chi connectivity index (χ3v) is 2.63. The van der Waals surface area contributed by atoms with Gasteiger partial charge in [0, 0.05) is 6.42 Å². The van der Waals surface area contributed by atoms with Crippen LogP contribution in [0.2, 0.25) is 0 Å². The molecule has 0 spiro atoms. The van der Waals surface area contributed by atoms with Crippen LogP contribution in [0.1, 0.15) is 11.4 Å². The zero-order valence-electron chi connectivity index (χ0n) is 11.5. The third-order valence-electron chi connectivity index (χ3n) is 2.63. The molecule has 0 fully saturated rings. The van der Waals surface area contributed by atoms with E-state index in [9.17, 15) is 4.39 Å². The van der Waals surface area contributed by atoms with E-state index in [1.54, 1.807) is 13.0 Å². The van der Waals surface area contributed by atoms with Crippen molar-refractivity contribution in [3.05, 3.63) is 47.8 Å². The topological polar surface area (TPSA) is 94.1 Å². The van der Waals surface area contributed by atoms with Crippen LogP contribution >= 0.6 is 0 Å². The average molecular weight is 290 g/mol. The molecule has 6 nitrogen and oxygen atoms in total. The molecule has 0 aliphatic carbocycles. The fraction of sp³-hybridized carbons (Fsp3) is 0.214. The van der Waals surface area contributed by atoms with Crippen LogP contribution in [0.25, 0.3) is 0 Å². The molecule has 0 atom stereocenters. The SMILES string of the molecule is Cc1ncc(Oc2ccc(CCOC(=N)N)cc2F)cn1. The summed E-state index contributed by atoms with van der Waals surface area (Å²) in [6.07, 6.45) is 3.41. The lowest BCUT2D eigenvalue weighted by atomic mass is 10.1. The van der Waals surface area contributed by atoms with Crippen LogP contribution in [0.4, 0.5) is 4.39 Å². The van der Waals surface area contributed by atoms with Crippen molar-refractivity contribution in [1.82, 2.24) is 9.97 Å². The van der Waals surface area contributed by atoms with E-state index in [2.05, 4.69) is 9.97 Å². The van der Waals surface area contributed by atoms with Crippen LogP contribution in [-0.2, 0) is 11.2 Å². The summed E-state index contributed by atoms with van der Waals surface area (Å²) in [4.78, 5) is 7.94. The smallest absolute Gasteiger partial charge is 0.279 e. The Hall–Kier alpha value is -2.70. The van der Waals surface area contributed by atoms with Gasteiger partial charge in [-0.1, -0.05) is 6.07 Å². The minimum atomic E-state index is -0.490. The number of ether oxygens (including phenoxy) is 2. The number of hydrogen-bond donors (Lipinski definition) is 2. The average Bonchev–Trinajstić information content (AvgIpc) is 2.44. The van der Waals surface area contributed by atoms with E-state index in [1.807, 2.05) is 0 Å². The minimum absolute atomic E-state index is 0.0960. The molecule has 0 saturated heterocycles. The summed E-state index contributed by atoms with van der Waals surface area (Å²) >= 11 is 0. The standard InChI is InChI=1S/C14H15FN4O2/c1-9-18-7-11(8-19-9)21-13-3-2-10(6-12(13)15)4-5-20-14(16)17/h2-3,6-8H,4-5H2,1H3,(H3,16,17). The molecule has 110 valence electrons. The highest BCUT2D eigenvalue weighted by atomic mass is 19.1. The lowest BCUT2D eigenvalue weighted by Gasteiger charge is -2.08. The van der Waals surface area contributed by atoms with Crippen LogP contribution in [0.5, 0.6) is 11.5 Å². The van der Waals surface area contributed by atoms with Crippen molar-refractivity contribution in [1.29, 1.82) is 5.41 Å². The summed E-state index contributed by atoms with van der Waals surface area (Å²) in [5.74, 6) is 0.588. The van der Waals surface area contributed by atoms with Crippen LogP contribution in [-0.4, -0.2) is 22.6 Å². The molecule has 21 heavy (non-hydrogen) atoms. The minimum Gasteiger partial charge on any atom is -0.465 e. The second-order valence-electron chi connectivity index (χ2n) is 4.30. The molecule has 7 heteroatoms. The summed E-state index contributed by atoms with van der Waals surface area (Å²) in [5.41, 5.74) is 5.79. The van der Waals surface area contributed by atoms with Gasteiger partial charge in [-0.25, -0.2) is 14.4 Å². The molecule has 0 radical (unpaired) electrons. The predicted molar refractivity (Wildman–Crippen MR) is 74.8 cm³/mol. The van der Waals surface area contributed by atoms with Gasteiger partial charge in [-0.2, -0.15) is 0 Å². The molecule has 0 bridgehead atoms. The zero-order valence-corrected chi connectivity index (χ0v) is 11.5. The molecular formula is C14H15FN4O2. The number of aromatic nitrogens is 2. The van der Waals surface area contributed by atoms with Gasteiger partial charge in [-0.05, 0) is 24.6 Å². The normalized spacial score (nSPS) is 10.2. The van der Waals surface area contributed by atoms with E-state index in [1.165, 1.54) is 24.5 Å². The maximum Gasteiger partial charge on any atom is 0.279 e. The molecular weight excluding hydrogens is 275 g/mol. The quantitative estimate of drug-likeness (QED) is 0.650. The summed E-state index contributed by atoms with van der Waals surface area (Å²) in [7, 11) is 0. The number of amidine groups is 1. The predicted octanol–water partition coefficient (Wildman–Crippen LogP) is 2.17. The second-order valence-corrected chi connectivity index (χ2v) is 4.30. The highest BCUT2D eigenvalue weighted by Crippen LogP contribution is 2.24. The van der Waals surface area contributed by atoms with E-state index in [0.717, 1.165) is 5.56 Å². The van der Waals surface area contributed by atoms with Crippen molar-refractivity contribution in [3.63, 3.8) is 0 Å². The van der Waals surface area contributed by atoms with Crippen molar-refractivity contribution in [2.24, 2.45) is 5.73 Å². The van der Waals surface area contributed by atoms with E-state index in [0.29, 0.717) is 18.0 Å². The van der Waals surface area contributed by atoms with Crippen molar-refractivity contribution >= 4 is 6.02 Å². The van der Waals surface area contributed by atoms with Gasteiger partial charge in [-0.3, -0.25) is 5.41 Å². The first-order valence-corrected chi connectivity index (χ1v) is 6.26. The van der Waals surface area contributed by atoms with E-state index in [-0.39, 0.29) is 18.4 Å². The molecule has 0 amide bonds. The molecule has 0 aliphatic rings. The molecule has 0 saturated carbocycles. The van der Waals surface area contributed by atoms with E-state index >= 15 is 0 Å². The molecule has 3 N–H and O–H groups in total. The maximum atomic E-state index is 13.9. The van der Waals surface area contributed by atoms with Gasteiger partial charge >= 0.3 is 0 Å². The highest BCUT2D eigenvalue weighted by molar-refractivity contribution is 5.67. The molecule has 2 aromatic rings. The van der Waals surface area contributed by atoms with Gasteiger partial charge < -0.3 is 15.2 Å². The van der Waals surface area contributed by atoms with Crippen molar-refractivity contribution < 1.29 is 13.9 Å². The van der Waals surface area contributed by atoms with Crippen LogP contribution in [0.15, 0.2) is 30.6 Å². The first-order valence-electron chi connectivity index (χ1n) is 6.26. The fourth-order valence-electron chi connectivity index (χ4n) is 1.62. The summed E-state index contributed by atoms with van der Waals surface area (Å²) in [5, 5.41) is 6.93. The van der Waals surface area contributed by atoms with E-state index < -0.39 is 5.82 Å². The van der Waals surface area contributed by atoms with Gasteiger partial charge in [0.2, 0.25) is 0 Å². The molecule has 0 aliphatic heterocycles. The molecule has 1 aromatic heterocycles. The number of nitrogens with two attached hydrogens (primary N) is 1. The number of hydrogen-bond acceptors (Lipinski definition) is 5. The Labute approximate surface area is 121 Å². The third kappa shape index (κ3) is 4.41. The van der Waals surface area contributed by atoms with E-state index in [4.69, 9.17) is 20.6 Å². The number of benzene rings is 1. The Balaban J connectivity index is 2.01. The summed E-state index contributed by atoms with van der Waals surface area (Å²) in [6, 6.07) is 4.25. The Bertz CT molecular complexity index is 631. The monoisotopic (exact) mass is 290 g/mol. The summed E-state index contributed by atoms with van der Waals surface area (Å²) in [6.45, 7) is 1.98. The van der Waals surface area contributed by atoms with Crippen LogP contribution in [0.3, 0.4) is 0 Å². The highest BCUT2D eigenvalue weighted by Gasteiger charge is 2.07. The number of nitrogens with one attached hydrogen (secondary N) is 1. The van der Waals surface area contributed by atoms with Gasteiger partial charge in [0.25, 0.3) is 6.02 Å². The molecule has 1 heterocycles. The Kier molecular flexibility index (Phi) is 4.65. The first-order chi connectivity index (χ1) is 10.0. The zero-order chi connectivity index (χ0) is 15.2. The number of rotatable bonds is 5. The maximum absolute atomic E-state index is 13.9. The molecule has 2 rings (SSSR count). The number of halogens is 1. The van der Waals surface area contributed by atoms with Gasteiger partial charge in [0.05, 0.1) is 19.0 Å². The van der Waals surface area contributed by atoms with Crippen LogP contribution in [0, 0.1) is 18.2 Å². The Morgan fingerprint density at radius 1 is 1.33 bits per heavy atom. The number of aryl methyl sites for hydroxylation is 1. The summed E-state index contributed by atoms with van der Waals surface area (Å²) < 4.78 is 24.1.